The van der Waals surface area contributed by atoms with Crippen LogP contribution in [0.4, 0.5) is 4.79 Å². The summed E-state index contributed by atoms with van der Waals surface area (Å²) in [6, 6.07) is 15.1. The third-order valence-electron chi connectivity index (χ3n) is 4.07. The second-order valence-corrected chi connectivity index (χ2v) is 6.31. The molecule has 0 saturated heterocycles. The normalized spacial score (nSPS) is 10.3. The highest BCUT2D eigenvalue weighted by Gasteiger charge is 2.06. The summed E-state index contributed by atoms with van der Waals surface area (Å²) in [5.41, 5.74) is 3.94. The number of carbonyl (C=O) groups is 2. The fraction of sp³-hybridized carbons (Fsp3) is 0.200. The Hall–Kier alpha value is -3.68. The molecule has 0 unspecified atom stereocenters. The van der Waals surface area contributed by atoms with Crippen molar-refractivity contribution in [2.75, 3.05) is 6.54 Å². The van der Waals surface area contributed by atoms with Crippen molar-refractivity contribution in [3.8, 4) is 5.69 Å². The smallest absolute Gasteiger partial charge is 0.315 e. The number of benzene rings is 2. The molecule has 3 amide bonds. The summed E-state index contributed by atoms with van der Waals surface area (Å²) in [6.07, 6.45) is 3.07. The van der Waals surface area contributed by atoms with Crippen molar-refractivity contribution in [1.82, 2.24) is 30.7 Å². The van der Waals surface area contributed by atoms with Gasteiger partial charge in [0.05, 0.1) is 12.2 Å². The number of hydrogen-bond donors (Lipinski definition) is 3. The number of nitrogens with one attached hydrogen (secondary N) is 3. The van der Waals surface area contributed by atoms with E-state index in [0.717, 1.165) is 22.4 Å². The molecule has 8 heteroatoms. The minimum Gasteiger partial charge on any atom is -0.350 e. The van der Waals surface area contributed by atoms with Crippen molar-refractivity contribution in [3.63, 3.8) is 0 Å². The standard InChI is InChI=1S/C20H22N6O2/c1-15-5-7-16(8-6-15)10-23-20(28)24-12-19(27)22-11-17-3-2-4-18(9-17)26-14-21-13-25-26/h2-9,13-14H,10-12H2,1H3,(H,22,27)(H2,23,24,28). The molecule has 0 atom stereocenters. The summed E-state index contributed by atoms with van der Waals surface area (Å²) < 4.78 is 1.64. The van der Waals surface area contributed by atoms with E-state index in [4.69, 9.17) is 0 Å². The molecule has 3 rings (SSSR count). The minimum atomic E-state index is -0.385. The third-order valence-corrected chi connectivity index (χ3v) is 4.07. The van der Waals surface area contributed by atoms with Crippen LogP contribution in [0.5, 0.6) is 0 Å². The highest BCUT2D eigenvalue weighted by atomic mass is 16.2. The summed E-state index contributed by atoms with van der Waals surface area (Å²) in [7, 11) is 0. The van der Waals surface area contributed by atoms with Crippen LogP contribution in [0.2, 0.25) is 0 Å². The third kappa shape index (κ3) is 5.66. The highest BCUT2D eigenvalue weighted by Crippen LogP contribution is 2.08. The van der Waals surface area contributed by atoms with Gasteiger partial charge in [0.25, 0.3) is 0 Å². The molecule has 3 aromatic rings. The number of amides is 3. The predicted molar refractivity (Wildman–Crippen MR) is 105 cm³/mol. The molecule has 28 heavy (non-hydrogen) atoms. The van der Waals surface area contributed by atoms with E-state index < -0.39 is 0 Å². The Balaban J connectivity index is 1.39. The Morgan fingerprint density at radius 1 is 0.964 bits per heavy atom. The van der Waals surface area contributed by atoms with Gasteiger partial charge in [-0.1, -0.05) is 42.0 Å². The van der Waals surface area contributed by atoms with Crippen LogP contribution in [-0.4, -0.2) is 33.2 Å². The SMILES string of the molecule is Cc1ccc(CNC(=O)NCC(=O)NCc2cccc(-n3cncn3)c2)cc1. The van der Waals surface area contributed by atoms with Crippen molar-refractivity contribution >= 4 is 11.9 Å². The Bertz CT molecular complexity index is 922. The summed E-state index contributed by atoms with van der Waals surface area (Å²) in [5.74, 6) is -0.267. The fourth-order valence-corrected chi connectivity index (χ4v) is 2.52. The van der Waals surface area contributed by atoms with Crippen molar-refractivity contribution in [1.29, 1.82) is 0 Å². The van der Waals surface area contributed by atoms with Gasteiger partial charge in [0.1, 0.15) is 12.7 Å². The van der Waals surface area contributed by atoms with Gasteiger partial charge >= 0.3 is 6.03 Å². The zero-order valence-electron chi connectivity index (χ0n) is 15.6. The van der Waals surface area contributed by atoms with Gasteiger partial charge in [0.2, 0.25) is 5.91 Å². The maximum absolute atomic E-state index is 12.0. The van der Waals surface area contributed by atoms with Gasteiger partial charge in [-0.3, -0.25) is 4.79 Å². The highest BCUT2D eigenvalue weighted by molar-refractivity contribution is 5.83. The lowest BCUT2D eigenvalue weighted by molar-refractivity contribution is -0.120. The second-order valence-electron chi connectivity index (χ2n) is 6.31. The summed E-state index contributed by atoms with van der Waals surface area (Å²) in [4.78, 5) is 27.7. The Morgan fingerprint density at radius 3 is 2.50 bits per heavy atom. The van der Waals surface area contributed by atoms with Crippen molar-refractivity contribution in [2.24, 2.45) is 0 Å². The number of urea groups is 1. The molecule has 0 saturated carbocycles. The lowest BCUT2D eigenvalue weighted by Gasteiger charge is -2.09. The van der Waals surface area contributed by atoms with E-state index in [2.05, 4.69) is 26.0 Å². The molecule has 1 aromatic heterocycles. The number of aryl methyl sites for hydroxylation is 1. The van der Waals surface area contributed by atoms with Gasteiger partial charge in [-0.2, -0.15) is 5.10 Å². The number of rotatable bonds is 7. The van der Waals surface area contributed by atoms with E-state index in [0.29, 0.717) is 13.1 Å². The first-order valence-electron chi connectivity index (χ1n) is 8.88. The average Bonchev–Trinajstić information content (AvgIpc) is 3.25. The molecule has 3 N–H and O–H groups in total. The fourth-order valence-electron chi connectivity index (χ4n) is 2.52. The Kier molecular flexibility index (Phi) is 6.35. The summed E-state index contributed by atoms with van der Waals surface area (Å²) in [5, 5.41) is 12.1. The minimum absolute atomic E-state index is 0.0947. The first kappa shape index (κ1) is 19.1. The summed E-state index contributed by atoms with van der Waals surface area (Å²) in [6.45, 7) is 2.67. The first-order valence-corrected chi connectivity index (χ1v) is 8.88. The van der Waals surface area contributed by atoms with Crippen LogP contribution in [-0.2, 0) is 17.9 Å². The molecule has 0 aliphatic heterocycles. The van der Waals surface area contributed by atoms with Crippen LogP contribution >= 0.6 is 0 Å². The van der Waals surface area contributed by atoms with Crippen LogP contribution < -0.4 is 16.0 Å². The summed E-state index contributed by atoms with van der Waals surface area (Å²) >= 11 is 0. The van der Waals surface area contributed by atoms with Gasteiger partial charge in [0, 0.05) is 13.1 Å². The lowest BCUT2D eigenvalue weighted by Crippen LogP contribution is -2.41. The molecule has 0 bridgehead atoms. The van der Waals surface area contributed by atoms with Crippen LogP contribution in [0, 0.1) is 6.92 Å². The van der Waals surface area contributed by atoms with E-state index >= 15 is 0 Å². The molecule has 0 spiro atoms. The van der Waals surface area contributed by atoms with Crippen LogP contribution in [0.1, 0.15) is 16.7 Å². The molecule has 0 aliphatic rings. The molecule has 1 heterocycles. The van der Waals surface area contributed by atoms with E-state index in [9.17, 15) is 9.59 Å². The lowest BCUT2D eigenvalue weighted by atomic mass is 10.1. The van der Waals surface area contributed by atoms with Gasteiger partial charge in [-0.05, 0) is 30.2 Å². The number of carbonyl (C=O) groups excluding carboxylic acids is 2. The largest absolute Gasteiger partial charge is 0.350 e. The maximum Gasteiger partial charge on any atom is 0.315 e. The van der Waals surface area contributed by atoms with E-state index in [1.165, 1.54) is 6.33 Å². The van der Waals surface area contributed by atoms with Crippen LogP contribution in [0.25, 0.3) is 5.69 Å². The topological polar surface area (TPSA) is 101 Å². The van der Waals surface area contributed by atoms with E-state index in [1.54, 1.807) is 11.0 Å². The van der Waals surface area contributed by atoms with Crippen molar-refractivity contribution in [3.05, 3.63) is 77.9 Å². The molecule has 0 radical (unpaired) electrons. The zero-order chi connectivity index (χ0) is 19.8. The molecule has 2 aromatic carbocycles. The Labute approximate surface area is 163 Å². The van der Waals surface area contributed by atoms with Crippen LogP contribution in [0.15, 0.2) is 61.2 Å². The number of hydrogen-bond acceptors (Lipinski definition) is 4. The van der Waals surface area contributed by atoms with Gasteiger partial charge in [-0.15, -0.1) is 0 Å². The van der Waals surface area contributed by atoms with Gasteiger partial charge in [0.15, 0.2) is 0 Å². The number of aromatic nitrogens is 3. The monoisotopic (exact) mass is 378 g/mol. The van der Waals surface area contributed by atoms with Gasteiger partial charge < -0.3 is 16.0 Å². The van der Waals surface area contributed by atoms with E-state index in [1.807, 2.05) is 55.5 Å². The molecular weight excluding hydrogens is 356 g/mol. The molecule has 144 valence electrons. The molecule has 0 aliphatic carbocycles. The predicted octanol–water partition coefficient (Wildman–Crippen LogP) is 1.69. The second kappa shape index (κ2) is 9.31. The first-order chi connectivity index (χ1) is 13.6. The molecular formula is C20H22N6O2. The van der Waals surface area contributed by atoms with Gasteiger partial charge in [-0.25, -0.2) is 14.5 Å². The average molecular weight is 378 g/mol. The van der Waals surface area contributed by atoms with Crippen molar-refractivity contribution in [2.45, 2.75) is 20.0 Å². The quantitative estimate of drug-likeness (QED) is 0.582. The zero-order valence-corrected chi connectivity index (χ0v) is 15.6. The van der Waals surface area contributed by atoms with E-state index in [-0.39, 0.29) is 18.5 Å². The number of nitrogens with zero attached hydrogens (tertiary/aromatic N) is 3. The maximum atomic E-state index is 12.0. The van der Waals surface area contributed by atoms with Crippen LogP contribution in [0.3, 0.4) is 0 Å². The molecule has 8 nitrogen and oxygen atoms in total. The molecule has 0 fully saturated rings. The van der Waals surface area contributed by atoms with Crippen molar-refractivity contribution < 1.29 is 9.59 Å². The Morgan fingerprint density at radius 2 is 1.75 bits per heavy atom.